The molecule has 1 aliphatic rings. The van der Waals surface area contributed by atoms with E-state index < -0.39 is 0 Å². The lowest BCUT2D eigenvalue weighted by Crippen LogP contribution is -2.52. The zero-order valence-corrected chi connectivity index (χ0v) is 24.3. The second-order valence-corrected chi connectivity index (χ2v) is 13.2. The molecule has 4 heteroatoms. The van der Waals surface area contributed by atoms with E-state index in [-0.39, 0.29) is 46.9 Å². The summed E-state index contributed by atoms with van der Waals surface area (Å²) in [6.07, 6.45) is 0.927. The van der Waals surface area contributed by atoms with Crippen molar-refractivity contribution in [2.75, 3.05) is 6.54 Å². The lowest BCUT2D eigenvalue weighted by Gasteiger charge is -2.34. The molecule has 2 N–H and O–H groups in total. The molecule has 1 fully saturated rings. The first-order chi connectivity index (χ1) is 16.7. The number of benzene rings is 2. The van der Waals surface area contributed by atoms with Crippen molar-refractivity contribution >= 4 is 6.03 Å². The van der Waals surface area contributed by atoms with Crippen molar-refractivity contribution in [3.8, 4) is 0 Å². The van der Waals surface area contributed by atoms with Crippen LogP contribution >= 0.6 is 0 Å². The SMILES string of the molecule is CC(C)NC(=O)N(C(C)C)[C@H]1CN[C@@H](C(c2ccc(C(C)(C)C)cc2)c2ccc(C(C)(C)C)cc2)C1. The molecular weight excluding hydrogens is 442 g/mol. The van der Waals surface area contributed by atoms with Gasteiger partial charge in [-0.15, -0.1) is 0 Å². The van der Waals surface area contributed by atoms with Crippen LogP contribution in [0.5, 0.6) is 0 Å². The normalized spacial score (nSPS) is 18.8. The van der Waals surface area contributed by atoms with Crippen molar-refractivity contribution in [1.82, 2.24) is 15.5 Å². The first-order valence-electron chi connectivity index (χ1n) is 13.7. The van der Waals surface area contributed by atoms with E-state index in [1.807, 2.05) is 18.7 Å². The zero-order valence-electron chi connectivity index (χ0n) is 24.3. The third-order valence-electron chi connectivity index (χ3n) is 7.41. The van der Waals surface area contributed by atoms with Crippen molar-refractivity contribution in [2.45, 2.75) is 117 Å². The maximum Gasteiger partial charge on any atom is 0.318 e. The molecule has 0 unspecified atom stereocenters. The van der Waals surface area contributed by atoms with E-state index in [1.165, 1.54) is 22.3 Å². The minimum atomic E-state index is 0.0352. The highest BCUT2D eigenvalue weighted by Crippen LogP contribution is 2.36. The topological polar surface area (TPSA) is 44.4 Å². The van der Waals surface area contributed by atoms with E-state index >= 15 is 0 Å². The molecule has 0 aromatic heterocycles. The summed E-state index contributed by atoms with van der Waals surface area (Å²) in [5.41, 5.74) is 5.60. The van der Waals surface area contributed by atoms with Crippen LogP contribution in [-0.2, 0) is 10.8 Å². The monoisotopic (exact) mass is 491 g/mol. The average Bonchev–Trinajstić information content (AvgIpc) is 3.21. The highest BCUT2D eigenvalue weighted by molar-refractivity contribution is 5.75. The van der Waals surface area contributed by atoms with Gasteiger partial charge in [-0.25, -0.2) is 4.79 Å². The Labute approximate surface area is 220 Å². The van der Waals surface area contributed by atoms with Gasteiger partial charge in [-0.2, -0.15) is 0 Å². The number of amides is 2. The molecule has 2 amide bonds. The molecule has 2 aromatic carbocycles. The molecule has 0 bridgehead atoms. The maximum atomic E-state index is 13.0. The van der Waals surface area contributed by atoms with Gasteiger partial charge in [0.25, 0.3) is 0 Å². The maximum absolute atomic E-state index is 13.0. The molecular formula is C32H49N3O. The molecule has 0 spiro atoms. The largest absolute Gasteiger partial charge is 0.336 e. The number of hydrogen-bond donors (Lipinski definition) is 2. The average molecular weight is 492 g/mol. The van der Waals surface area contributed by atoms with Crippen LogP contribution in [0.25, 0.3) is 0 Å². The number of nitrogens with one attached hydrogen (secondary N) is 2. The Bertz CT molecular complexity index is 936. The summed E-state index contributed by atoms with van der Waals surface area (Å²) < 4.78 is 0. The second-order valence-electron chi connectivity index (χ2n) is 13.2. The van der Waals surface area contributed by atoms with Crippen LogP contribution in [0, 0.1) is 0 Å². The molecule has 36 heavy (non-hydrogen) atoms. The van der Waals surface area contributed by atoms with Crippen LogP contribution in [0.15, 0.2) is 48.5 Å². The van der Waals surface area contributed by atoms with Gasteiger partial charge in [0.1, 0.15) is 0 Å². The molecule has 2 aromatic rings. The van der Waals surface area contributed by atoms with Crippen LogP contribution < -0.4 is 10.6 Å². The Morgan fingerprint density at radius 2 is 1.28 bits per heavy atom. The number of hydrogen-bond acceptors (Lipinski definition) is 2. The summed E-state index contributed by atoms with van der Waals surface area (Å²) in [7, 11) is 0. The first kappa shape index (κ1) is 28.2. The number of urea groups is 1. The number of carbonyl (C=O) groups excluding carboxylic acids is 1. The van der Waals surface area contributed by atoms with Gasteiger partial charge in [-0.1, -0.05) is 90.1 Å². The van der Waals surface area contributed by atoms with E-state index in [1.54, 1.807) is 0 Å². The van der Waals surface area contributed by atoms with Crippen LogP contribution in [0.3, 0.4) is 0 Å². The predicted molar refractivity (Wildman–Crippen MR) is 153 cm³/mol. The van der Waals surface area contributed by atoms with Gasteiger partial charge in [0, 0.05) is 36.6 Å². The van der Waals surface area contributed by atoms with Crippen molar-refractivity contribution in [2.24, 2.45) is 0 Å². The summed E-state index contributed by atoms with van der Waals surface area (Å²) in [5, 5.41) is 6.92. The highest BCUT2D eigenvalue weighted by Gasteiger charge is 2.38. The summed E-state index contributed by atoms with van der Waals surface area (Å²) in [6, 6.07) is 19.1. The van der Waals surface area contributed by atoms with Crippen LogP contribution in [0.1, 0.15) is 104 Å². The van der Waals surface area contributed by atoms with E-state index in [2.05, 4.69) is 115 Å². The van der Waals surface area contributed by atoms with Gasteiger partial charge >= 0.3 is 6.03 Å². The summed E-state index contributed by atoms with van der Waals surface area (Å²) >= 11 is 0. The molecule has 1 heterocycles. The molecule has 0 radical (unpaired) electrons. The zero-order chi connectivity index (χ0) is 26.8. The van der Waals surface area contributed by atoms with Crippen molar-refractivity contribution in [3.63, 3.8) is 0 Å². The molecule has 0 saturated carbocycles. The summed E-state index contributed by atoms with van der Waals surface area (Å²) in [5.74, 6) is 0.222. The van der Waals surface area contributed by atoms with Crippen molar-refractivity contribution in [1.29, 1.82) is 0 Å². The van der Waals surface area contributed by atoms with Crippen LogP contribution in [0.2, 0.25) is 0 Å². The van der Waals surface area contributed by atoms with E-state index in [9.17, 15) is 4.79 Å². The molecule has 1 saturated heterocycles. The predicted octanol–water partition coefficient (Wildman–Crippen LogP) is 6.97. The van der Waals surface area contributed by atoms with Gasteiger partial charge in [0.2, 0.25) is 0 Å². The first-order valence-corrected chi connectivity index (χ1v) is 13.7. The quantitative estimate of drug-likeness (QED) is 0.458. The molecule has 1 aliphatic heterocycles. The van der Waals surface area contributed by atoms with Crippen molar-refractivity contribution < 1.29 is 4.79 Å². The van der Waals surface area contributed by atoms with Gasteiger partial charge < -0.3 is 15.5 Å². The molecule has 0 aliphatic carbocycles. The Morgan fingerprint density at radius 1 is 0.833 bits per heavy atom. The molecule has 3 rings (SSSR count). The Hall–Kier alpha value is -2.33. The minimum absolute atomic E-state index is 0.0352. The standard InChI is InChI=1S/C32H49N3O/c1-21(2)34-30(36)35(22(3)4)27-19-28(33-20-27)29(23-11-15-25(16-12-23)31(5,6)7)24-13-17-26(18-14-24)32(8,9)10/h11-18,21-22,27-29,33H,19-20H2,1-10H3,(H,34,36)/t27-,28-/m1/s1. The third-order valence-corrected chi connectivity index (χ3v) is 7.41. The second kappa shape index (κ2) is 11.0. The minimum Gasteiger partial charge on any atom is -0.336 e. The molecule has 198 valence electrons. The third kappa shape index (κ3) is 6.70. The van der Waals surface area contributed by atoms with E-state index in [4.69, 9.17) is 0 Å². The van der Waals surface area contributed by atoms with Gasteiger partial charge in [0.15, 0.2) is 0 Å². The smallest absolute Gasteiger partial charge is 0.318 e. The van der Waals surface area contributed by atoms with Crippen LogP contribution in [-0.4, -0.2) is 41.6 Å². The van der Waals surface area contributed by atoms with E-state index in [0.717, 1.165) is 13.0 Å². The van der Waals surface area contributed by atoms with Gasteiger partial charge in [0.05, 0.1) is 0 Å². The fraction of sp³-hybridized carbons (Fsp3) is 0.594. The Morgan fingerprint density at radius 3 is 1.64 bits per heavy atom. The van der Waals surface area contributed by atoms with Gasteiger partial charge in [-0.05, 0) is 67.2 Å². The lowest BCUT2D eigenvalue weighted by molar-refractivity contribution is 0.156. The Kier molecular flexibility index (Phi) is 8.60. The number of carbonyl (C=O) groups is 1. The highest BCUT2D eigenvalue weighted by atomic mass is 16.2. The molecule has 4 nitrogen and oxygen atoms in total. The van der Waals surface area contributed by atoms with Gasteiger partial charge in [-0.3, -0.25) is 0 Å². The fourth-order valence-corrected chi connectivity index (χ4v) is 5.39. The Balaban J connectivity index is 1.95. The lowest BCUT2D eigenvalue weighted by atomic mass is 9.80. The number of nitrogens with zero attached hydrogens (tertiary/aromatic N) is 1. The summed E-state index contributed by atoms with van der Waals surface area (Å²) in [6.45, 7) is 22.6. The molecule has 2 atom stereocenters. The fourth-order valence-electron chi connectivity index (χ4n) is 5.39. The summed E-state index contributed by atoms with van der Waals surface area (Å²) in [4.78, 5) is 15.1. The number of rotatable bonds is 6. The van der Waals surface area contributed by atoms with Crippen LogP contribution in [0.4, 0.5) is 4.79 Å². The van der Waals surface area contributed by atoms with E-state index in [0.29, 0.717) is 0 Å². The van der Waals surface area contributed by atoms with Crippen molar-refractivity contribution in [3.05, 3.63) is 70.8 Å².